The number of likely N-dealkylation sites (N-methyl/N-ethyl adjacent to an activating group) is 1. The van der Waals surface area contributed by atoms with E-state index < -0.39 is 24.3 Å². The molecule has 0 N–H and O–H groups in total. The van der Waals surface area contributed by atoms with E-state index in [-0.39, 0.29) is 32.2 Å². The summed E-state index contributed by atoms with van der Waals surface area (Å²) in [7, 11) is 5.95. The Hall–Kier alpha value is -4.05. The molecule has 0 aliphatic heterocycles. The molecule has 9 heteroatoms. The number of unbranched alkanes of at least 4 members (excludes halogenated alkanes) is 43. The van der Waals surface area contributed by atoms with E-state index >= 15 is 0 Å². The predicted molar refractivity (Wildman–Crippen MR) is 417 cm³/mol. The SMILES string of the molecule is CC/C=C\C/C=C\C/C=C\C/C=C\C/C=C\CCCCCCCCCCCCCCCCCCCC(=O)OC(COC(=O)CCCCCCCCCCCCCCCCCCCCCCCCCCCC/C=C\C/C=C\C/C=C\C/C=C\CC)COC(OCC[N+](C)(C)C)C(=O)[O-]. The number of nitrogens with zero attached hydrogens (tertiary/aromatic N) is 1. The van der Waals surface area contributed by atoms with Crippen LogP contribution in [0.3, 0.4) is 0 Å². The molecule has 0 saturated carbocycles. The first-order valence-corrected chi connectivity index (χ1v) is 41.0. The zero-order valence-electron chi connectivity index (χ0n) is 64.2. The van der Waals surface area contributed by atoms with Gasteiger partial charge in [-0.25, -0.2) is 0 Å². The van der Waals surface area contributed by atoms with Crippen LogP contribution in [0.2, 0.25) is 0 Å². The van der Waals surface area contributed by atoms with Crippen LogP contribution in [0.4, 0.5) is 0 Å². The minimum atomic E-state index is -1.62. The molecule has 9 nitrogen and oxygen atoms in total. The van der Waals surface area contributed by atoms with Crippen molar-refractivity contribution >= 4 is 17.9 Å². The van der Waals surface area contributed by atoms with Crippen molar-refractivity contribution in [1.29, 1.82) is 0 Å². The van der Waals surface area contributed by atoms with Crippen LogP contribution in [0, 0.1) is 0 Å². The van der Waals surface area contributed by atoms with Crippen LogP contribution < -0.4 is 5.11 Å². The number of rotatable bonds is 76. The van der Waals surface area contributed by atoms with Crippen molar-refractivity contribution in [3.8, 4) is 0 Å². The predicted octanol–water partition coefficient (Wildman–Crippen LogP) is 25.1. The Kier molecular flexibility index (Phi) is 74.4. The highest BCUT2D eigenvalue weighted by atomic mass is 16.7. The average molecular weight is 1360 g/mol. The van der Waals surface area contributed by atoms with Gasteiger partial charge in [0.2, 0.25) is 0 Å². The van der Waals surface area contributed by atoms with Crippen LogP contribution in [0.5, 0.6) is 0 Å². The Morgan fingerprint density at radius 3 is 0.825 bits per heavy atom. The van der Waals surface area contributed by atoms with Crippen LogP contribution in [0.1, 0.15) is 373 Å². The van der Waals surface area contributed by atoms with Crippen molar-refractivity contribution in [2.75, 3.05) is 47.5 Å². The first kappa shape index (κ1) is 93.0. The molecule has 0 amide bonds. The summed E-state index contributed by atoms with van der Waals surface area (Å²) in [6, 6.07) is 0. The van der Waals surface area contributed by atoms with Crippen LogP contribution in [0.15, 0.2) is 109 Å². The van der Waals surface area contributed by atoms with Crippen molar-refractivity contribution in [2.45, 2.75) is 386 Å². The molecular weight excluding hydrogens is 1200 g/mol. The highest BCUT2D eigenvalue weighted by Crippen LogP contribution is 2.19. The molecule has 0 bridgehead atoms. The summed E-state index contributed by atoms with van der Waals surface area (Å²) in [5.74, 6) is -2.26. The van der Waals surface area contributed by atoms with Crippen LogP contribution in [-0.4, -0.2) is 82.3 Å². The van der Waals surface area contributed by atoms with Gasteiger partial charge in [-0.05, 0) is 96.3 Å². The molecule has 0 aromatic rings. The third-order valence-electron chi connectivity index (χ3n) is 18.0. The first-order chi connectivity index (χ1) is 47.6. The quantitative estimate of drug-likeness (QED) is 0.0195. The normalized spacial score (nSPS) is 13.2. The van der Waals surface area contributed by atoms with Crippen molar-refractivity contribution in [2.24, 2.45) is 0 Å². The minimum Gasteiger partial charge on any atom is -0.545 e. The first-order valence-electron chi connectivity index (χ1n) is 41.0. The lowest BCUT2D eigenvalue weighted by molar-refractivity contribution is -0.870. The molecule has 0 saturated heterocycles. The van der Waals surface area contributed by atoms with E-state index in [1.54, 1.807) is 0 Å². The molecule has 0 radical (unpaired) electrons. The van der Waals surface area contributed by atoms with Gasteiger partial charge in [0.1, 0.15) is 13.2 Å². The molecule has 0 aromatic carbocycles. The van der Waals surface area contributed by atoms with Gasteiger partial charge in [-0.2, -0.15) is 0 Å². The second-order valence-corrected chi connectivity index (χ2v) is 28.7. The van der Waals surface area contributed by atoms with Gasteiger partial charge in [0.05, 0.1) is 40.3 Å². The summed E-state index contributed by atoms with van der Waals surface area (Å²) >= 11 is 0. The van der Waals surface area contributed by atoms with Gasteiger partial charge in [-0.15, -0.1) is 0 Å². The number of hydrogen-bond donors (Lipinski definition) is 0. The molecular formula is C88H155NO8. The maximum atomic E-state index is 13.0. The summed E-state index contributed by atoms with van der Waals surface area (Å²) in [4.78, 5) is 37.6. The van der Waals surface area contributed by atoms with Gasteiger partial charge < -0.3 is 33.3 Å². The fourth-order valence-corrected chi connectivity index (χ4v) is 11.9. The number of carboxylic acid groups (broad SMARTS) is 1. The summed E-state index contributed by atoms with van der Waals surface area (Å²) in [6.07, 6.45) is 107. The number of esters is 2. The molecule has 0 aromatic heterocycles. The minimum absolute atomic E-state index is 0.147. The Balaban J connectivity index is 3.97. The number of hydrogen-bond acceptors (Lipinski definition) is 8. The number of ether oxygens (including phenoxy) is 4. The number of carbonyl (C=O) groups excluding carboxylic acids is 3. The molecule has 0 aliphatic carbocycles. The zero-order valence-corrected chi connectivity index (χ0v) is 64.2. The Labute approximate surface area is 600 Å². The van der Waals surface area contributed by atoms with E-state index in [4.69, 9.17) is 18.9 Å². The van der Waals surface area contributed by atoms with E-state index in [2.05, 4.69) is 123 Å². The fourth-order valence-electron chi connectivity index (χ4n) is 11.9. The number of quaternary nitrogens is 1. The van der Waals surface area contributed by atoms with Crippen molar-refractivity contribution in [1.82, 2.24) is 0 Å². The topological polar surface area (TPSA) is 111 Å². The highest BCUT2D eigenvalue weighted by molar-refractivity contribution is 5.70. The zero-order chi connectivity index (χ0) is 70.4. The van der Waals surface area contributed by atoms with E-state index in [0.29, 0.717) is 23.9 Å². The molecule has 2 atom stereocenters. The second-order valence-electron chi connectivity index (χ2n) is 28.7. The standard InChI is InChI=1S/C88H155NO8/c1-6-8-10-12-14-16-18-20-22-24-26-28-30-32-34-36-38-40-41-42-43-44-45-47-48-50-52-54-56-58-60-62-64-66-68-70-72-74-76-78-85(90)95-82-84(83-96-88(87(92)93)94-81-80-89(3,4)5)97-86(91)79-77-75-73-71-69-67-65-63-61-59-57-55-53-51-49-46-39-37-35-33-31-29-27-25-23-21-19-17-15-13-11-9-7-2/h8-11,14-17,20-23,26-29,33,35,84,88H,6-7,12-13,18-19,24-25,30-32,34,36-83H2,1-5H3/b10-8-,11-9-,16-14-,17-15-,22-20-,23-21-,28-26-,29-27-,35-33-. The number of aliphatic carboxylic acids is 1. The fraction of sp³-hybridized carbons (Fsp3) is 0.761. The van der Waals surface area contributed by atoms with Gasteiger partial charge in [0, 0.05) is 12.8 Å². The van der Waals surface area contributed by atoms with E-state index in [0.717, 1.165) is 89.9 Å². The third-order valence-corrected chi connectivity index (χ3v) is 18.0. The molecule has 2 unspecified atom stereocenters. The van der Waals surface area contributed by atoms with Crippen LogP contribution in [0.25, 0.3) is 0 Å². The van der Waals surface area contributed by atoms with Crippen LogP contribution >= 0.6 is 0 Å². The van der Waals surface area contributed by atoms with Crippen molar-refractivity contribution in [3.63, 3.8) is 0 Å². The molecule has 0 fully saturated rings. The van der Waals surface area contributed by atoms with Crippen molar-refractivity contribution < 1.29 is 42.9 Å². The lowest BCUT2D eigenvalue weighted by Crippen LogP contribution is -2.44. The van der Waals surface area contributed by atoms with Crippen LogP contribution in [-0.2, 0) is 33.3 Å². The lowest BCUT2D eigenvalue weighted by atomic mass is 10.0. The maximum absolute atomic E-state index is 13.0. The summed E-state index contributed by atoms with van der Waals surface area (Å²) < 4.78 is 22.9. The number of carboxylic acids is 1. The van der Waals surface area contributed by atoms with E-state index in [1.165, 1.54) is 250 Å². The molecule has 0 spiro atoms. The largest absolute Gasteiger partial charge is 0.545 e. The number of allylic oxidation sites excluding steroid dienone is 18. The molecule has 97 heavy (non-hydrogen) atoms. The summed E-state index contributed by atoms with van der Waals surface area (Å²) in [5.41, 5.74) is 0. The molecule has 0 rings (SSSR count). The van der Waals surface area contributed by atoms with E-state index in [1.807, 2.05) is 21.1 Å². The Morgan fingerprint density at radius 2 is 0.557 bits per heavy atom. The van der Waals surface area contributed by atoms with Gasteiger partial charge in [0.15, 0.2) is 12.4 Å². The van der Waals surface area contributed by atoms with Gasteiger partial charge in [0.25, 0.3) is 0 Å². The maximum Gasteiger partial charge on any atom is 0.306 e. The van der Waals surface area contributed by atoms with Gasteiger partial charge in [-0.3, -0.25) is 9.59 Å². The Bertz CT molecular complexity index is 1970. The molecule has 560 valence electrons. The summed E-state index contributed by atoms with van der Waals surface area (Å²) in [5, 5.41) is 11.9. The monoisotopic (exact) mass is 1350 g/mol. The average Bonchev–Trinajstić information content (AvgIpc) is 2.59. The Morgan fingerprint density at radius 1 is 0.309 bits per heavy atom. The van der Waals surface area contributed by atoms with Gasteiger partial charge >= 0.3 is 11.9 Å². The second kappa shape index (κ2) is 77.7. The third kappa shape index (κ3) is 79.2. The smallest absolute Gasteiger partial charge is 0.306 e. The lowest BCUT2D eigenvalue weighted by Gasteiger charge is -2.26. The van der Waals surface area contributed by atoms with Crippen molar-refractivity contribution in [3.05, 3.63) is 109 Å². The summed E-state index contributed by atoms with van der Waals surface area (Å²) in [6.45, 7) is 4.57. The number of carbonyl (C=O) groups is 3. The molecule has 0 aliphatic rings. The van der Waals surface area contributed by atoms with E-state index in [9.17, 15) is 19.5 Å². The molecule has 0 heterocycles. The van der Waals surface area contributed by atoms with Gasteiger partial charge in [-0.1, -0.05) is 374 Å². The highest BCUT2D eigenvalue weighted by Gasteiger charge is 2.22.